The third kappa shape index (κ3) is 2.56. The molecule has 0 bridgehead atoms. The molecule has 2 aliphatic rings. The van der Waals surface area contributed by atoms with Crippen molar-refractivity contribution in [2.24, 2.45) is 0 Å². The van der Waals surface area contributed by atoms with E-state index in [1.54, 1.807) is 25.1 Å². The van der Waals surface area contributed by atoms with Crippen LogP contribution < -0.4 is 14.8 Å². The van der Waals surface area contributed by atoms with Gasteiger partial charge in [0.2, 0.25) is 12.7 Å². The number of ether oxygens (including phenoxy) is 3. The Kier molecular flexibility index (Phi) is 3.51. The summed E-state index contributed by atoms with van der Waals surface area (Å²) in [6.07, 6.45) is 0.649. The van der Waals surface area contributed by atoms with Crippen molar-refractivity contribution in [1.29, 1.82) is 0 Å². The zero-order chi connectivity index (χ0) is 14.8. The zero-order valence-corrected chi connectivity index (χ0v) is 11.6. The maximum Gasteiger partial charge on any atom is 0.336 e. The normalized spacial score (nSPS) is 16.7. The molecular formula is C15H15NO5. The molecule has 0 spiro atoms. The fourth-order valence-electron chi connectivity index (χ4n) is 2.36. The van der Waals surface area contributed by atoms with Crippen LogP contribution in [0.15, 0.2) is 23.8 Å². The van der Waals surface area contributed by atoms with Gasteiger partial charge in [0.15, 0.2) is 11.5 Å². The van der Waals surface area contributed by atoms with Crippen LogP contribution in [0.4, 0.5) is 0 Å². The van der Waals surface area contributed by atoms with Crippen LogP contribution >= 0.6 is 0 Å². The molecule has 21 heavy (non-hydrogen) atoms. The van der Waals surface area contributed by atoms with E-state index in [0.717, 1.165) is 0 Å². The quantitative estimate of drug-likeness (QED) is 0.856. The summed E-state index contributed by atoms with van der Waals surface area (Å²) in [7, 11) is 0. The van der Waals surface area contributed by atoms with Crippen LogP contribution in [-0.4, -0.2) is 25.3 Å². The summed E-state index contributed by atoms with van der Waals surface area (Å²) in [5, 5.41) is 2.76. The van der Waals surface area contributed by atoms with Crippen LogP contribution in [0, 0.1) is 0 Å². The Morgan fingerprint density at radius 1 is 1.29 bits per heavy atom. The third-order valence-corrected chi connectivity index (χ3v) is 3.35. The number of carbonyl (C=O) groups excluding carboxylic acids is 2. The summed E-state index contributed by atoms with van der Waals surface area (Å²) >= 11 is 0. The molecule has 0 saturated carbocycles. The van der Waals surface area contributed by atoms with Gasteiger partial charge in [-0.1, -0.05) is 0 Å². The van der Waals surface area contributed by atoms with Gasteiger partial charge in [-0.2, -0.15) is 0 Å². The van der Waals surface area contributed by atoms with Gasteiger partial charge in [-0.3, -0.25) is 4.79 Å². The summed E-state index contributed by atoms with van der Waals surface area (Å²) in [5.74, 6) is 0.739. The second kappa shape index (κ2) is 5.47. The van der Waals surface area contributed by atoms with E-state index in [1.807, 2.05) is 0 Å². The number of hydrogen-bond donors (Lipinski definition) is 1. The minimum atomic E-state index is -0.398. The van der Waals surface area contributed by atoms with Crippen LogP contribution in [0.25, 0.3) is 5.70 Å². The number of carbonyl (C=O) groups is 2. The first-order chi connectivity index (χ1) is 10.2. The standard InChI is InChI=1S/C15H15NO5/c1-2-19-15(18)10-4-6-13(17)16-14(10)9-3-5-11-12(7-9)21-8-20-11/h3,5,7H,2,4,6,8H2,1H3,(H,16,17). The Hall–Kier alpha value is -2.50. The molecule has 6 nitrogen and oxygen atoms in total. The van der Waals surface area contributed by atoms with Gasteiger partial charge in [0, 0.05) is 12.0 Å². The molecule has 1 aromatic rings. The third-order valence-electron chi connectivity index (χ3n) is 3.35. The van der Waals surface area contributed by atoms with Crippen LogP contribution in [0.1, 0.15) is 25.3 Å². The monoisotopic (exact) mass is 289 g/mol. The van der Waals surface area contributed by atoms with E-state index >= 15 is 0 Å². The Labute approximate surface area is 121 Å². The molecule has 2 aliphatic heterocycles. The van der Waals surface area contributed by atoms with Crippen molar-refractivity contribution in [1.82, 2.24) is 5.32 Å². The molecule has 3 rings (SSSR count). The number of amides is 1. The fourth-order valence-corrected chi connectivity index (χ4v) is 2.36. The molecule has 110 valence electrons. The number of esters is 1. The lowest BCUT2D eigenvalue weighted by molar-refractivity contribution is -0.138. The molecule has 1 aromatic carbocycles. The largest absolute Gasteiger partial charge is 0.463 e. The van der Waals surface area contributed by atoms with Crippen LogP contribution in [0.3, 0.4) is 0 Å². The lowest BCUT2D eigenvalue weighted by Gasteiger charge is -2.20. The summed E-state index contributed by atoms with van der Waals surface area (Å²) < 4.78 is 15.6. The number of rotatable bonds is 3. The Morgan fingerprint density at radius 2 is 2.10 bits per heavy atom. The highest BCUT2D eigenvalue weighted by atomic mass is 16.7. The van der Waals surface area contributed by atoms with Gasteiger partial charge in [-0.15, -0.1) is 0 Å². The predicted molar refractivity (Wildman–Crippen MR) is 73.5 cm³/mol. The van der Waals surface area contributed by atoms with E-state index in [9.17, 15) is 9.59 Å². The Balaban J connectivity index is 2.02. The highest BCUT2D eigenvalue weighted by Crippen LogP contribution is 2.35. The Morgan fingerprint density at radius 3 is 2.90 bits per heavy atom. The van der Waals surface area contributed by atoms with Gasteiger partial charge in [-0.25, -0.2) is 4.79 Å². The number of nitrogens with one attached hydrogen (secondary N) is 1. The first-order valence-corrected chi connectivity index (χ1v) is 6.79. The van der Waals surface area contributed by atoms with E-state index < -0.39 is 5.97 Å². The van der Waals surface area contributed by atoms with Crippen LogP contribution in [0.2, 0.25) is 0 Å². The minimum Gasteiger partial charge on any atom is -0.463 e. The average molecular weight is 289 g/mol. The first kappa shape index (κ1) is 13.5. The van der Waals surface area contributed by atoms with Crippen molar-refractivity contribution < 1.29 is 23.8 Å². The summed E-state index contributed by atoms with van der Waals surface area (Å²) in [6.45, 7) is 2.22. The van der Waals surface area contributed by atoms with Crippen LogP contribution in [0.5, 0.6) is 11.5 Å². The van der Waals surface area contributed by atoms with Crippen molar-refractivity contribution >= 4 is 17.6 Å². The van der Waals surface area contributed by atoms with E-state index in [4.69, 9.17) is 14.2 Å². The maximum atomic E-state index is 12.0. The van der Waals surface area contributed by atoms with Gasteiger partial charge in [-0.05, 0) is 31.5 Å². The number of benzene rings is 1. The fraction of sp³-hybridized carbons (Fsp3) is 0.333. The second-order valence-corrected chi connectivity index (χ2v) is 4.69. The molecule has 0 aliphatic carbocycles. The number of fused-ring (bicyclic) bond motifs is 1. The molecule has 2 heterocycles. The highest BCUT2D eigenvalue weighted by Gasteiger charge is 2.26. The topological polar surface area (TPSA) is 73.9 Å². The van der Waals surface area contributed by atoms with Crippen LogP contribution in [-0.2, 0) is 14.3 Å². The molecular weight excluding hydrogens is 274 g/mol. The molecule has 1 amide bonds. The molecule has 0 fully saturated rings. The molecule has 0 atom stereocenters. The second-order valence-electron chi connectivity index (χ2n) is 4.69. The van der Waals surface area contributed by atoms with Crippen molar-refractivity contribution in [3.8, 4) is 11.5 Å². The zero-order valence-electron chi connectivity index (χ0n) is 11.6. The SMILES string of the molecule is CCOC(=O)C1=C(c2ccc3c(c2)OCO3)NC(=O)CC1. The molecule has 0 radical (unpaired) electrons. The van der Waals surface area contributed by atoms with Crippen molar-refractivity contribution in [3.63, 3.8) is 0 Å². The first-order valence-electron chi connectivity index (χ1n) is 6.79. The van der Waals surface area contributed by atoms with E-state index in [-0.39, 0.29) is 19.1 Å². The lowest BCUT2D eigenvalue weighted by atomic mass is 9.98. The van der Waals surface area contributed by atoms with Crippen molar-refractivity contribution in [2.45, 2.75) is 19.8 Å². The van der Waals surface area contributed by atoms with Gasteiger partial charge >= 0.3 is 5.97 Å². The van der Waals surface area contributed by atoms with Gasteiger partial charge in [0.05, 0.1) is 17.9 Å². The number of hydrogen-bond acceptors (Lipinski definition) is 5. The van der Waals surface area contributed by atoms with Gasteiger partial charge < -0.3 is 19.5 Å². The highest BCUT2D eigenvalue weighted by molar-refractivity contribution is 6.03. The summed E-state index contributed by atoms with van der Waals surface area (Å²) in [5.41, 5.74) is 1.67. The van der Waals surface area contributed by atoms with Gasteiger partial charge in [0.1, 0.15) is 0 Å². The minimum absolute atomic E-state index is 0.115. The summed E-state index contributed by atoms with van der Waals surface area (Å²) in [6, 6.07) is 5.30. The Bertz CT molecular complexity index is 635. The van der Waals surface area contributed by atoms with E-state index in [1.165, 1.54) is 0 Å². The molecule has 6 heteroatoms. The van der Waals surface area contributed by atoms with E-state index in [0.29, 0.717) is 41.4 Å². The lowest BCUT2D eigenvalue weighted by Crippen LogP contribution is -2.30. The van der Waals surface area contributed by atoms with Crippen molar-refractivity contribution in [2.75, 3.05) is 13.4 Å². The van der Waals surface area contributed by atoms with Gasteiger partial charge in [0.25, 0.3) is 0 Å². The van der Waals surface area contributed by atoms with E-state index in [2.05, 4.69) is 5.32 Å². The average Bonchev–Trinajstić information content (AvgIpc) is 2.94. The maximum absolute atomic E-state index is 12.0. The smallest absolute Gasteiger partial charge is 0.336 e. The molecule has 0 aromatic heterocycles. The van der Waals surface area contributed by atoms with Crippen molar-refractivity contribution in [3.05, 3.63) is 29.3 Å². The molecule has 0 saturated heterocycles. The molecule has 1 N–H and O–H groups in total. The molecule has 0 unspecified atom stereocenters. The summed E-state index contributed by atoms with van der Waals surface area (Å²) in [4.78, 5) is 23.7. The predicted octanol–water partition coefficient (Wildman–Crippen LogP) is 1.60.